The first kappa shape index (κ1) is 49.1. The highest BCUT2D eigenvalue weighted by Gasteiger charge is 2.41. The number of para-hydroxylation sites is 2. The molecule has 0 spiro atoms. The zero-order valence-corrected chi connectivity index (χ0v) is 41.5. The number of alkyl carbamates (subject to hydrolysis) is 2. The van der Waals surface area contributed by atoms with Crippen LogP contribution in [0.3, 0.4) is 0 Å². The number of aromatic nitrogens is 2. The number of carbonyl (C=O) groups is 2. The van der Waals surface area contributed by atoms with Crippen molar-refractivity contribution in [2.45, 2.75) is 105 Å². The van der Waals surface area contributed by atoms with Crippen molar-refractivity contribution in [2.75, 3.05) is 52.7 Å². The zero-order chi connectivity index (χ0) is 46.5. The van der Waals surface area contributed by atoms with Gasteiger partial charge in [0.25, 0.3) is 0 Å². The summed E-state index contributed by atoms with van der Waals surface area (Å²) in [6, 6.07) is 31.6. The van der Waals surface area contributed by atoms with Crippen LogP contribution < -0.4 is 10.6 Å². The van der Waals surface area contributed by atoms with Gasteiger partial charge in [-0.05, 0) is 115 Å². The Morgan fingerprint density at radius 3 is 1.20 bits per heavy atom. The summed E-state index contributed by atoms with van der Waals surface area (Å²) in [4.78, 5) is 25.6. The highest BCUT2D eigenvalue weighted by molar-refractivity contribution is 6.61. The lowest BCUT2D eigenvalue weighted by atomic mass is 9.85. The van der Waals surface area contributed by atoms with Crippen molar-refractivity contribution in [1.82, 2.24) is 19.8 Å². The monoisotopic (exact) mass is 940 g/mol. The third-order valence-corrected chi connectivity index (χ3v) is 18.5. The van der Waals surface area contributed by atoms with Gasteiger partial charge >= 0.3 is 29.8 Å². The molecule has 2 N–H and O–H groups in total. The number of hydrogen-bond donors (Lipinski definition) is 2. The average molecular weight is 941 g/mol. The molecule has 2 unspecified atom stereocenters. The Morgan fingerprint density at radius 1 is 0.500 bits per heavy atom. The number of nitrogens with zero attached hydrogens (tertiary/aromatic N) is 2. The SMILES string of the molecule is CCO[Si](CCCNC(=O)OCc1ccc2c(c1)c1ccccc1n2C1CCC1n1c2ccccc2c2cc(COC(=O)NCCC[Si](OCC)(OCC)OCC)ccc21)(OCC)OCC. The molecule has 1 aliphatic rings. The Morgan fingerprint density at radius 2 is 0.848 bits per heavy atom. The summed E-state index contributed by atoms with van der Waals surface area (Å²) in [5.41, 5.74) is 6.52. The van der Waals surface area contributed by atoms with Crippen molar-refractivity contribution in [3.8, 4) is 0 Å². The topological polar surface area (TPSA) is 142 Å². The molecule has 7 rings (SSSR count). The molecule has 0 bridgehead atoms. The van der Waals surface area contributed by atoms with Crippen molar-refractivity contribution in [1.29, 1.82) is 0 Å². The molecule has 0 saturated heterocycles. The molecule has 1 fully saturated rings. The second-order valence-corrected chi connectivity index (χ2v) is 21.8. The van der Waals surface area contributed by atoms with Gasteiger partial charge in [0, 0.05) is 108 Å². The maximum Gasteiger partial charge on any atom is 0.500 e. The zero-order valence-electron chi connectivity index (χ0n) is 39.5. The lowest BCUT2D eigenvalue weighted by Gasteiger charge is -2.40. The molecular formula is C50H68N4O10Si2. The number of hydrogen-bond acceptors (Lipinski definition) is 10. The summed E-state index contributed by atoms with van der Waals surface area (Å²) in [5, 5.41) is 10.4. The molecule has 4 aromatic carbocycles. The quantitative estimate of drug-likeness (QED) is 0.0399. The van der Waals surface area contributed by atoms with E-state index in [1.165, 1.54) is 21.8 Å². The largest absolute Gasteiger partial charge is 0.500 e. The first-order valence-corrected chi connectivity index (χ1v) is 27.8. The predicted octanol–water partition coefficient (Wildman–Crippen LogP) is 10.8. The molecule has 2 aromatic heterocycles. The van der Waals surface area contributed by atoms with E-state index in [4.69, 9.17) is 36.0 Å². The molecule has 2 atom stereocenters. The first-order chi connectivity index (χ1) is 32.2. The highest BCUT2D eigenvalue weighted by Crippen LogP contribution is 2.50. The van der Waals surface area contributed by atoms with Gasteiger partial charge in [0.2, 0.25) is 0 Å². The van der Waals surface area contributed by atoms with Crippen LogP contribution in [0.15, 0.2) is 84.9 Å². The summed E-state index contributed by atoms with van der Waals surface area (Å²) >= 11 is 0. The van der Waals surface area contributed by atoms with E-state index in [9.17, 15) is 9.59 Å². The van der Waals surface area contributed by atoms with Crippen LogP contribution >= 0.6 is 0 Å². The van der Waals surface area contributed by atoms with Crippen LogP contribution in [0, 0.1) is 0 Å². The standard InChI is InChI=1S/C50H68N4O10Si2/c1-7-59-65(60-8-2,61-9-3)31-17-29-51-49(55)57-35-37-23-25-45-41(33-37)39-19-13-15-21-43(39)53(45)47-27-28-48(47)54-44-22-16-14-20-40(44)42-34-38(24-26-46(42)54)36-58-50(56)52-30-18-32-66(62-10-4,63-11-5)64-12-6/h13-16,19-26,33-34,47-48H,7-12,17-18,27-32,35-36H2,1-6H3,(H,51,55)(H,52,56). The molecule has 14 nitrogen and oxygen atoms in total. The van der Waals surface area contributed by atoms with E-state index in [1.54, 1.807) is 0 Å². The van der Waals surface area contributed by atoms with Gasteiger partial charge in [-0.25, -0.2) is 9.59 Å². The first-order valence-electron chi connectivity index (χ1n) is 23.9. The van der Waals surface area contributed by atoms with Crippen LogP contribution in [0.4, 0.5) is 9.59 Å². The van der Waals surface area contributed by atoms with Crippen molar-refractivity contribution >= 4 is 73.4 Å². The van der Waals surface area contributed by atoms with Gasteiger partial charge in [0.15, 0.2) is 0 Å². The molecule has 1 saturated carbocycles. The molecule has 1 aliphatic carbocycles. The fraction of sp³-hybridized carbons (Fsp3) is 0.480. The summed E-state index contributed by atoms with van der Waals surface area (Å²) in [6.07, 6.45) is 2.46. The van der Waals surface area contributed by atoms with Crippen LogP contribution in [0.1, 0.15) is 90.4 Å². The Kier molecular flexibility index (Phi) is 17.3. The Bertz CT molecular complexity index is 2340. The number of ether oxygens (including phenoxy) is 2. The number of nitrogens with one attached hydrogen (secondary N) is 2. The van der Waals surface area contributed by atoms with Crippen LogP contribution in [-0.4, -0.2) is 91.7 Å². The minimum Gasteiger partial charge on any atom is -0.445 e. The molecular weight excluding hydrogens is 873 g/mol. The van der Waals surface area contributed by atoms with E-state index in [0.717, 1.165) is 45.8 Å². The normalized spacial score (nSPS) is 15.4. The van der Waals surface area contributed by atoms with Crippen LogP contribution in [0.2, 0.25) is 12.1 Å². The molecule has 66 heavy (non-hydrogen) atoms. The molecule has 0 aliphatic heterocycles. The summed E-state index contributed by atoms with van der Waals surface area (Å²) < 4.78 is 52.1. The molecule has 356 valence electrons. The number of benzene rings is 4. The van der Waals surface area contributed by atoms with E-state index in [1.807, 2.05) is 41.5 Å². The lowest BCUT2D eigenvalue weighted by Crippen LogP contribution is -2.46. The van der Waals surface area contributed by atoms with Gasteiger partial charge in [0.1, 0.15) is 13.2 Å². The summed E-state index contributed by atoms with van der Waals surface area (Å²) in [7, 11) is -5.55. The van der Waals surface area contributed by atoms with Gasteiger partial charge < -0.3 is 55.8 Å². The van der Waals surface area contributed by atoms with Crippen molar-refractivity contribution in [2.24, 2.45) is 0 Å². The second-order valence-electron chi connectivity index (χ2n) is 16.4. The third kappa shape index (κ3) is 11.1. The fourth-order valence-corrected chi connectivity index (χ4v) is 14.7. The molecule has 16 heteroatoms. The molecule has 2 amide bonds. The summed E-state index contributed by atoms with van der Waals surface area (Å²) in [6.45, 7) is 15.9. The van der Waals surface area contributed by atoms with Gasteiger partial charge in [-0.15, -0.1) is 0 Å². The average Bonchev–Trinajstić information content (AvgIpc) is 3.80. The smallest absolute Gasteiger partial charge is 0.445 e. The summed E-state index contributed by atoms with van der Waals surface area (Å²) in [5.74, 6) is 0. The molecule has 2 heterocycles. The van der Waals surface area contributed by atoms with Gasteiger partial charge in [-0.3, -0.25) is 0 Å². The van der Waals surface area contributed by atoms with E-state index in [0.29, 0.717) is 77.7 Å². The third-order valence-electron chi connectivity index (χ3n) is 12.2. The van der Waals surface area contributed by atoms with Crippen molar-refractivity contribution in [3.05, 3.63) is 96.1 Å². The lowest BCUT2D eigenvalue weighted by molar-refractivity contribution is 0.0699. The van der Waals surface area contributed by atoms with Crippen molar-refractivity contribution < 1.29 is 45.6 Å². The van der Waals surface area contributed by atoms with Crippen LogP contribution in [-0.2, 0) is 49.2 Å². The number of rotatable bonds is 26. The molecule has 0 radical (unpaired) electrons. The maximum atomic E-state index is 12.8. The van der Waals surface area contributed by atoms with Crippen molar-refractivity contribution in [3.63, 3.8) is 0 Å². The molecule has 6 aromatic rings. The highest BCUT2D eigenvalue weighted by atomic mass is 28.4. The van der Waals surface area contributed by atoms with Crippen LogP contribution in [0.25, 0.3) is 43.6 Å². The van der Waals surface area contributed by atoms with Crippen LogP contribution in [0.5, 0.6) is 0 Å². The fourth-order valence-electron chi connectivity index (χ4n) is 9.45. The van der Waals surface area contributed by atoms with Gasteiger partial charge in [-0.1, -0.05) is 48.5 Å². The Labute approximate surface area is 390 Å². The minimum absolute atomic E-state index is 0.155. The van der Waals surface area contributed by atoms with E-state index < -0.39 is 29.8 Å². The van der Waals surface area contributed by atoms with Gasteiger partial charge in [0.05, 0.1) is 12.1 Å². The number of carbonyl (C=O) groups excluding carboxylic acids is 2. The second kappa shape index (κ2) is 23.3. The maximum absolute atomic E-state index is 12.8. The Balaban J connectivity index is 1.02. The minimum atomic E-state index is -2.78. The van der Waals surface area contributed by atoms with E-state index in [-0.39, 0.29) is 25.3 Å². The van der Waals surface area contributed by atoms with Gasteiger partial charge in [-0.2, -0.15) is 0 Å². The van der Waals surface area contributed by atoms with E-state index >= 15 is 0 Å². The Hall–Kier alpha value is -4.79. The number of amides is 2. The van der Waals surface area contributed by atoms with E-state index in [2.05, 4.69) is 105 Å². The number of fused-ring (bicyclic) bond motifs is 6. The predicted molar refractivity (Wildman–Crippen MR) is 263 cm³/mol.